The highest BCUT2D eigenvalue weighted by atomic mass is 32.2. The van der Waals surface area contributed by atoms with Crippen LogP contribution in [0.2, 0.25) is 0 Å². The van der Waals surface area contributed by atoms with Crippen molar-refractivity contribution >= 4 is 22.6 Å². The summed E-state index contributed by atoms with van der Waals surface area (Å²) in [7, 11) is 0. The van der Waals surface area contributed by atoms with E-state index in [1.165, 1.54) is 5.56 Å². The minimum atomic E-state index is 0.802. The Labute approximate surface area is 87.8 Å². The summed E-state index contributed by atoms with van der Waals surface area (Å²) in [4.78, 5) is 4.31. The van der Waals surface area contributed by atoms with Crippen LogP contribution in [-0.4, -0.2) is 17.5 Å². The van der Waals surface area contributed by atoms with Crippen LogP contribution in [0.4, 0.5) is 5.69 Å². The van der Waals surface area contributed by atoms with Gasteiger partial charge in [0.05, 0.1) is 6.54 Å². The van der Waals surface area contributed by atoms with Crippen molar-refractivity contribution in [2.24, 2.45) is 4.99 Å². The van der Waals surface area contributed by atoms with Crippen LogP contribution >= 0.6 is 11.8 Å². The summed E-state index contributed by atoms with van der Waals surface area (Å²) in [5.74, 6) is 1.10. The van der Waals surface area contributed by atoms with E-state index >= 15 is 0 Å². The molecule has 1 aromatic carbocycles. The molecule has 0 fully saturated rings. The lowest BCUT2D eigenvalue weighted by Crippen LogP contribution is -2.18. The van der Waals surface area contributed by atoms with Gasteiger partial charge in [0.2, 0.25) is 0 Å². The third kappa shape index (κ3) is 2.42. The maximum absolute atomic E-state index is 5.68. The molecule has 3 N–H and O–H groups in total. The number of nitrogens with zero attached hydrogens (tertiary/aromatic N) is 1. The predicted octanol–water partition coefficient (Wildman–Crippen LogP) is 1.46. The van der Waals surface area contributed by atoms with Crippen molar-refractivity contribution in [2.75, 3.05) is 18.0 Å². The van der Waals surface area contributed by atoms with Crippen LogP contribution in [0.1, 0.15) is 5.56 Å². The lowest BCUT2D eigenvalue weighted by molar-refractivity contribution is 0.923. The topological polar surface area (TPSA) is 50.4 Å². The zero-order valence-electron chi connectivity index (χ0n) is 7.86. The van der Waals surface area contributed by atoms with Crippen LogP contribution in [0, 0.1) is 0 Å². The van der Waals surface area contributed by atoms with E-state index in [1.54, 1.807) is 11.8 Å². The first-order chi connectivity index (χ1) is 6.84. The first-order valence-corrected chi connectivity index (χ1v) is 5.59. The Morgan fingerprint density at radius 1 is 1.50 bits per heavy atom. The van der Waals surface area contributed by atoms with E-state index in [0.29, 0.717) is 0 Å². The average molecular weight is 207 g/mol. The summed E-state index contributed by atoms with van der Waals surface area (Å²) >= 11 is 1.77. The first-order valence-electron chi connectivity index (χ1n) is 4.60. The normalized spacial score (nSPS) is 15.3. The molecule has 1 aliphatic heterocycles. The monoisotopic (exact) mass is 207 g/mol. The number of aliphatic imine (C=N–C) groups is 1. The molecule has 1 aliphatic rings. The summed E-state index contributed by atoms with van der Waals surface area (Å²) < 4.78 is 0. The van der Waals surface area contributed by atoms with Gasteiger partial charge in [0, 0.05) is 18.0 Å². The third-order valence-corrected chi connectivity index (χ3v) is 2.91. The standard InChI is InChI=1S/C10H13N3S/c11-9-3-1-2-8(6-9)7-13-10-12-4-5-14-10/h1-3,6H,4-5,7,11H2,(H,12,13). The van der Waals surface area contributed by atoms with Crippen molar-refractivity contribution in [3.8, 4) is 0 Å². The summed E-state index contributed by atoms with van der Waals surface area (Å²) in [6.45, 7) is 1.74. The van der Waals surface area contributed by atoms with Gasteiger partial charge in [-0.2, -0.15) is 0 Å². The van der Waals surface area contributed by atoms with E-state index < -0.39 is 0 Å². The Balaban J connectivity index is 1.91. The molecule has 3 nitrogen and oxygen atoms in total. The van der Waals surface area contributed by atoms with E-state index in [-0.39, 0.29) is 0 Å². The predicted molar refractivity (Wildman–Crippen MR) is 62.5 cm³/mol. The molecule has 74 valence electrons. The molecular formula is C10H13N3S. The smallest absolute Gasteiger partial charge is 0.156 e. The lowest BCUT2D eigenvalue weighted by atomic mass is 10.2. The highest BCUT2D eigenvalue weighted by Crippen LogP contribution is 2.11. The summed E-state index contributed by atoms with van der Waals surface area (Å²) in [6, 6.07) is 7.90. The van der Waals surface area contributed by atoms with Gasteiger partial charge in [-0.1, -0.05) is 23.9 Å². The molecule has 4 heteroatoms. The maximum Gasteiger partial charge on any atom is 0.156 e. The van der Waals surface area contributed by atoms with Gasteiger partial charge in [-0.15, -0.1) is 0 Å². The van der Waals surface area contributed by atoms with Crippen molar-refractivity contribution in [1.29, 1.82) is 0 Å². The summed E-state index contributed by atoms with van der Waals surface area (Å²) in [5.41, 5.74) is 7.68. The number of benzene rings is 1. The molecule has 1 heterocycles. The van der Waals surface area contributed by atoms with Crippen LogP contribution in [0.25, 0.3) is 0 Å². The second kappa shape index (κ2) is 4.37. The largest absolute Gasteiger partial charge is 0.399 e. The molecule has 0 unspecified atom stereocenters. The Bertz CT molecular complexity index is 349. The Morgan fingerprint density at radius 2 is 2.43 bits per heavy atom. The molecule has 0 spiro atoms. The second-order valence-corrected chi connectivity index (χ2v) is 4.22. The molecule has 0 aliphatic carbocycles. The molecule has 0 radical (unpaired) electrons. The van der Waals surface area contributed by atoms with Gasteiger partial charge in [-0.3, -0.25) is 4.99 Å². The first kappa shape index (κ1) is 9.40. The number of hydrogen-bond acceptors (Lipinski definition) is 4. The fourth-order valence-corrected chi connectivity index (χ4v) is 2.06. The highest BCUT2D eigenvalue weighted by Gasteiger charge is 2.05. The van der Waals surface area contributed by atoms with Crippen LogP contribution in [0.15, 0.2) is 29.3 Å². The minimum absolute atomic E-state index is 0.802. The Kier molecular flexibility index (Phi) is 2.93. The average Bonchev–Trinajstić information content (AvgIpc) is 2.67. The van der Waals surface area contributed by atoms with Gasteiger partial charge < -0.3 is 11.1 Å². The quantitative estimate of drug-likeness (QED) is 0.722. The number of rotatable bonds is 2. The summed E-state index contributed by atoms with van der Waals surface area (Å²) in [6.07, 6.45) is 0. The fraction of sp³-hybridized carbons (Fsp3) is 0.300. The van der Waals surface area contributed by atoms with Crippen molar-refractivity contribution in [3.05, 3.63) is 29.8 Å². The van der Waals surface area contributed by atoms with Gasteiger partial charge in [0.15, 0.2) is 5.17 Å². The van der Waals surface area contributed by atoms with Gasteiger partial charge >= 0.3 is 0 Å². The molecule has 0 saturated carbocycles. The minimum Gasteiger partial charge on any atom is -0.399 e. The molecule has 0 atom stereocenters. The number of nitrogen functional groups attached to an aromatic ring is 1. The van der Waals surface area contributed by atoms with E-state index in [0.717, 1.165) is 29.7 Å². The number of nitrogens with one attached hydrogen (secondary N) is 1. The third-order valence-electron chi connectivity index (χ3n) is 1.98. The molecule has 0 bridgehead atoms. The van der Waals surface area contributed by atoms with Gasteiger partial charge in [-0.05, 0) is 17.7 Å². The molecular weight excluding hydrogens is 194 g/mol. The van der Waals surface area contributed by atoms with Crippen molar-refractivity contribution in [1.82, 2.24) is 5.32 Å². The summed E-state index contributed by atoms with van der Waals surface area (Å²) in [5, 5.41) is 4.33. The van der Waals surface area contributed by atoms with Gasteiger partial charge in [0.1, 0.15) is 0 Å². The van der Waals surface area contributed by atoms with E-state index in [1.807, 2.05) is 18.2 Å². The maximum atomic E-state index is 5.68. The number of anilines is 1. The van der Waals surface area contributed by atoms with Crippen LogP contribution in [0.5, 0.6) is 0 Å². The van der Waals surface area contributed by atoms with E-state index in [9.17, 15) is 0 Å². The van der Waals surface area contributed by atoms with Crippen LogP contribution in [-0.2, 0) is 6.54 Å². The number of hydrogen-bond donors (Lipinski definition) is 2. The fourth-order valence-electron chi connectivity index (χ4n) is 1.32. The lowest BCUT2D eigenvalue weighted by Gasteiger charge is -2.05. The second-order valence-electron chi connectivity index (χ2n) is 3.13. The molecule has 0 saturated heterocycles. The van der Waals surface area contributed by atoms with E-state index in [4.69, 9.17) is 5.73 Å². The Hall–Kier alpha value is -1.16. The van der Waals surface area contributed by atoms with Gasteiger partial charge in [-0.25, -0.2) is 0 Å². The zero-order chi connectivity index (χ0) is 9.80. The zero-order valence-corrected chi connectivity index (χ0v) is 8.68. The van der Waals surface area contributed by atoms with E-state index in [2.05, 4.69) is 16.4 Å². The van der Waals surface area contributed by atoms with Crippen molar-refractivity contribution in [3.63, 3.8) is 0 Å². The molecule has 0 aromatic heterocycles. The molecule has 14 heavy (non-hydrogen) atoms. The van der Waals surface area contributed by atoms with Crippen LogP contribution < -0.4 is 11.1 Å². The SMILES string of the molecule is Nc1cccc(CNC2=NCCS2)c1. The van der Waals surface area contributed by atoms with Crippen molar-refractivity contribution < 1.29 is 0 Å². The number of thioether (sulfide) groups is 1. The molecule has 2 rings (SSSR count). The molecule has 1 aromatic rings. The highest BCUT2D eigenvalue weighted by molar-refractivity contribution is 8.14. The van der Waals surface area contributed by atoms with Crippen LogP contribution in [0.3, 0.4) is 0 Å². The number of nitrogens with two attached hydrogens (primary N) is 1. The molecule has 0 amide bonds. The Morgan fingerprint density at radius 3 is 3.14 bits per heavy atom. The van der Waals surface area contributed by atoms with Gasteiger partial charge in [0.25, 0.3) is 0 Å². The number of amidine groups is 1. The van der Waals surface area contributed by atoms with Crippen molar-refractivity contribution in [2.45, 2.75) is 6.54 Å².